The highest BCUT2D eigenvalue weighted by molar-refractivity contribution is 7.90. The van der Waals surface area contributed by atoms with E-state index in [1.165, 1.54) is 36.7 Å². The zero-order valence-electron chi connectivity index (χ0n) is 14.7. The summed E-state index contributed by atoms with van der Waals surface area (Å²) in [4.78, 5) is 3.31. The Balaban J connectivity index is 1.82. The van der Waals surface area contributed by atoms with Gasteiger partial charge in [-0.2, -0.15) is 13.2 Å². The molecule has 0 aliphatic carbocycles. The Morgan fingerprint density at radius 1 is 0.966 bits per heavy atom. The van der Waals surface area contributed by atoms with Crippen LogP contribution in [-0.2, 0) is 10.0 Å². The summed E-state index contributed by atoms with van der Waals surface area (Å²) in [5.74, 6) is -0.910. The molecule has 2 aromatic carbocycles. The third kappa shape index (κ3) is 3.68. The fourth-order valence-electron chi connectivity index (χ4n) is 3.00. The van der Waals surface area contributed by atoms with Crippen LogP contribution in [0.25, 0.3) is 22.0 Å². The van der Waals surface area contributed by atoms with Gasteiger partial charge >= 0.3 is 6.61 Å². The number of alkyl halides is 2. The van der Waals surface area contributed by atoms with Crippen LogP contribution in [0.1, 0.15) is 0 Å². The molecule has 4 rings (SSSR count). The van der Waals surface area contributed by atoms with Crippen molar-refractivity contribution in [2.24, 2.45) is 0 Å². The number of ether oxygens (including phenoxy) is 1. The lowest BCUT2D eigenvalue weighted by atomic mass is 10.1. The molecule has 0 spiro atoms. The Kier molecular flexibility index (Phi) is 4.75. The maximum atomic E-state index is 13.4. The molecule has 0 fully saturated rings. The zero-order chi connectivity index (χ0) is 20.6. The van der Waals surface area contributed by atoms with E-state index in [0.717, 1.165) is 10.0 Å². The molecule has 9 heteroatoms. The van der Waals surface area contributed by atoms with Crippen LogP contribution in [0, 0.1) is 5.95 Å². The summed E-state index contributed by atoms with van der Waals surface area (Å²) in [6.07, 6.45) is 2.69. The third-order valence-electron chi connectivity index (χ3n) is 4.30. The van der Waals surface area contributed by atoms with Crippen molar-refractivity contribution in [2.45, 2.75) is 11.5 Å². The van der Waals surface area contributed by atoms with Crippen molar-refractivity contribution in [3.8, 4) is 16.9 Å². The second kappa shape index (κ2) is 7.25. The van der Waals surface area contributed by atoms with E-state index in [1.54, 1.807) is 30.3 Å². The fraction of sp³-hybridized carbons (Fsp3) is 0.0500. The Labute approximate surface area is 164 Å². The van der Waals surface area contributed by atoms with E-state index in [2.05, 4.69) is 9.72 Å². The molecule has 4 aromatic rings. The first-order chi connectivity index (χ1) is 13.8. The average Bonchev–Trinajstić information content (AvgIpc) is 3.11. The van der Waals surface area contributed by atoms with Gasteiger partial charge in [0.1, 0.15) is 5.75 Å². The van der Waals surface area contributed by atoms with Crippen molar-refractivity contribution >= 4 is 20.9 Å². The van der Waals surface area contributed by atoms with Crippen LogP contribution in [0.2, 0.25) is 0 Å². The number of hydrogen-bond donors (Lipinski definition) is 0. The van der Waals surface area contributed by atoms with Gasteiger partial charge in [-0.1, -0.05) is 18.2 Å². The van der Waals surface area contributed by atoms with Crippen LogP contribution in [0.3, 0.4) is 0 Å². The van der Waals surface area contributed by atoms with Gasteiger partial charge in [-0.15, -0.1) is 0 Å². The Hall–Kier alpha value is -3.33. The van der Waals surface area contributed by atoms with Crippen LogP contribution in [0.15, 0.2) is 78.0 Å². The first-order valence-electron chi connectivity index (χ1n) is 8.38. The molecule has 2 heterocycles. The standard InChI is InChI=1S/C20H13F3N2O3S/c21-19-11-15(6-8-24-19)14-5-4-13-7-9-25(18(13)10-14)29(26,27)17-3-1-2-16(12-17)28-20(22)23/h1-12,20H. The first kappa shape index (κ1) is 19.0. The molecule has 0 saturated heterocycles. The number of fused-ring (bicyclic) bond motifs is 1. The lowest BCUT2D eigenvalue weighted by Gasteiger charge is -2.11. The van der Waals surface area contributed by atoms with Gasteiger partial charge in [0.05, 0.1) is 10.4 Å². The van der Waals surface area contributed by atoms with Crippen molar-refractivity contribution in [3.05, 3.63) is 79.0 Å². The molecule has 0 amide bonds. The van der Waals surface area contributed by atoms with Crippen LogP contribution in [0.4, 0.5) is 13.2 Å². The maximum Gasteiger partial charge on any atom is 0.387 e. The van der Waals surface area contributed by atoms with E-state index in [4.69, 9.17) is 0 Å². The number of hydrogen-bond acceptors (Lipinski definition) is 4. The lowest BCUT2D eigenvalue weighted by molar-refractivity contribution is -0.0499. The minimum Gasteiger partial charge on any atom is -0.435 e. The van der Waals surface area contributed by atoms with Crippen LogP contribution in [0.5, 0.6) is 5.75 Å². The molecule has 0 atom stereocenters. The SMILES string of the molecule is O=S(=O)(c1cccc(OC(F)F)c1)n1ccc2ccc(-c3ccnc(F)c3)cc21. The summed E-state index contributed by atoms with van der Waals surface area (Å²) in [7, 11) is -4.08. The van der Waals surface area contributed by atoms with Gasteiger partial charge in [-0.05, 0) is 41.5 Å². The minimum absolute atomic E-state index is 0.200. The molecule has 0 aliphatic rings. The number of rotatable bonds is 5. The van der Waals surface area contributed by atoms with Crippen LogP contribution >= 0.6 is 0 Å². The van der Waals surface area contributed by atoms with Crippen LogP contribution in [-0.4, -0.2) is 24.0 Å². The van der Waals surface area contributed by atoms with E-state index in [0.29, 0.717) is 22.0 Å². The summed E-state index contributed by atoms with van der Waals surface area (Å²) in [6.45, 7) is -3.07. The van der Waals surface area contributed by atoms with E-state index >= 15 is 0 Å². The molecule has 0 saturated carbocycles. The normalized spacial score (nSPS) is 11.9. The predicted octanol–water partition coefficient (Wildman–Crippen LogP) is 4.68. The van der Waals surface area contributed by atoms with Gasteiger partial charge < -0.3 is 4.74 Å². The largest absolute Gasteiger partial charge is 0.435 e. The Bertz CT molecular complexity index is 1300. The number of nitrogens with zero attached hydrogens (tertiary/aromatic N) is 2. The van der Waals surface area contributed by atoms with E-state index in [1.807, 2.05) is 0 Å². The van der Waals surface area contributed by atoms with Gasteiger partial charge in [0, 0.05) is 29.9 Å². The van der Waals surface area contributed by atoms with E-state index in [-0.39, 0.29) is 10.6 Å². The number of aromatic nitrogens is 2. The fourth-order valence-corrected chi connectivity index (χ4v) is 4.38. The van der Waals surface area contributed by atoms with Gasteiger partial charge in [0.25, 0.3) is 10.0 Å². The number of benzene rings is 2. The van der Waals surface area contributed by atoms with Gasteiger partial charge in [-0.3, -0.25) is 0 Å². The number of halogens is 3. The van der Waals surface area contributed by atoms with Crippen molar-refractivity contribution in [1.29, 1.82) is 0 Å². The molecule has 29 heavy (non-hydrogen) atoms. The molecular formula is C20H13F3N2O3S. The summed E-state index contributed by atoms with van der Waals surface area (Å²) < 4.78 is 69.9. The van der Waals surface area contributed by atoms with Crippen molar-refractivity contribution in [3.63, 3.8) is 0 Å². The monoisotopic (exact) mass is 418 g/mol. The topological polar surface area (TPSA) is 61.2 Å². The van der Waals surface area contributed by atoms with Crippen LogP contribution < -0.4 is 4.74 Å². The van der Waals surface area contributed by atoms with E-state index < -0.39 is 22.6 Å². The minimum atomic E-state index is -4.08. The summed E-state index contributed by atoms with van der Waals surface area (Å²) in [6, 6.07) is 14.4. The Morgan fingerprint density at radius 3 is 2.52 bits per heavy atom. The molecule has 2 aromatic heterocycles. The highest BCUT2D eigenvalue weighted by atomic mass is 32.2. The molecule has 148 valence electrons. The van der Waals surface area contributed by atoms with Gasteiger partial charge in [-0.25, -0.2) is 17.4 Å². The van der Waals surface area contributed by atoms with Crippen molar-refractivity contribution in [1.82, 2.24) is 8.96 Å². The zero-order valence-corrected chi connectivity index (χ0v) is 15.5. The molecular weight excluding hydrogens is 405 g/mol. The van der Waals surface area contributed by atoms with Gasteiger partial charge in [0.15, 0.2) is 0 Å². The summed E-state index contributed by atoms with van der Waals surface area (Å²) >= 11 is 0. The third-order valence-corrected chi connectivity index (χ3v) is 5.99. The summed E-state index contributed by atoms with van der Waals surface area (Å²) in [5.41, 5.74) is 1.50. The predicted molar refractivity (Wildman–Crippen MR) is 101 cm³/mol. The molecule has 0 unspecified atom stereocenters. The quantitative estimate of drug-likeness (QED) is 0.442. The smallest absolute Gasteiger partial charge is 0.387 e. The second-order valence-corrected chi connectivity index (χ2v) is 7.93. The van der Waals surface area contributed by atoms with Crippen molar-refractivity contribution in [2.75, 3.05) is 0 Å². The molecule has 5 nitrogen and oxygen atoms in total. The molecule has 0 radical (unpaired) electrons. The Morgan fingerprint density at radius 2 is 1.76 bits per heavy atom. The molecule has 0 bridgehead atoms. The van der Waals surface area contributed by atoms with Crippen molar-refractivity contribution < 1.29 is 26.3 Å². The second-order valence-electron chi connectivity index (χ2n) is 6.11. The first-order valence-corrected chi connectivity index (χ1v) is 9.82. The highest BCUT2D eigenvalue weighted by Gasteiger charge is 2.20. The number of pyridine rings is 1. The molecule has 0 aliphatic heterocycles. The van der Waals surface area contributed by atoms with Gasteiger partial charge in [0.2, 0.25) is 5.95 Å². The average molecular weight is 418 g/mol. The van der Waals surface area contributed by atoms with E-state index in [9.17, 15) is 21.6 Å². The summed E-state index contributed by atoms with van der Waals surface area (Å²) in [5, 5.41) is 0.645. The molecule has 0 N–H and O–H groups in total. The lowest BCUT2D eigenvalue weighted by Crippen LogP contribution is -2.12. The highest BCUT2D eigenvalue weighted by Crippen LogP contribution is 2.29. The maximum absolute atomic E-state index is 13.4.